The Morgan fingerprint density at radius 1 is 1.27 bits per heavy atom. The number of fused-ring (bicyclic) bond motifs is 1. The predicted molar refractivity (Wildman–Crippen MR) is 99.3 cm³/mol. The van der Waals surface area contributed by atoms with Gasteiger partial charge in [0.25, 0.3) is 0 Å². The quantitative estimate of drug-likeness (QED) is 0.469. The molecule has 0 fully saturated rings. The van der Waals surface area contributed by atoms with Crippen molar-refractivity contribution in [1.29, 1.82) is 0 Å². The molecule has 0 saturated heterocycles. The zero-order valence-corrected chi connectivity index (χ0v) is 15.1. The lowest BCUT2D eigenvalue weighted by Gasteiger charge is -2.09. The van der Waals surface area contributed by atoms with Crippen LogP contribution in [0.2, 0.25) is 0 Å². The Kier molecular flexibility index (Phi) is 5.23. The van der Waals surface area contributed by atoms with Crippen LogP contribution in [0.3, 0.4) is 0 Å². The van der Waals surface area contributed by atoms with E-state index in [4.69, 9.17) is 36.3 Å². The number of ether oxygens (including phenoxy) is 4. The van der Waals surface area contributed by atoms with Gasteiger partial charge < -0.3 is 24.7 Å². The average molecular weight is 376 g/mol. The number of hydrogen-bond donors (Lipinski definition) is 1. The van der Waals surface area contributed by atoms with Crippen LogP contribution in [0.1, 0.15) is 22.8 Å². The van der Waals surface area contributed by atoms with Crippen LogP contribution in [0.25, 0.3) is 6.08 Å². The molecule has 0 unspecified atom stereocenters. The van der Waals surface area contributed by atoms with Crippen molar-refractivity contribution in [2.24, 2.45) is 0 Å². The van der Waals surface area contributed by atoms with Gasteiger partial charge in [-0.05, 0) is 48.9 Å². The fourth-order valence-corrected chi connectivity index (χ4v) is 2.77. The minimum absolute atomic E-state index is 0.0399. The summed E-state index contributed by atoms with van der Waals surface area (Å²) in [7, 11) is 1.53. The number of carbonyl (C=O) groups is 1. The number of ketones is 1. The highest BCUT2D eigenvalue weighted by Crippen LogP contribution is 2.42. The Labute approximate surface area is 156 Å². The fraction of sp³-hybridized carbons (Fsp3) is 0.211. The lowest BCUT2D eigenvalue weighted by atomic mass is 10.1. The van der Waals surface area contributed by atoms with E-state index >= 15 is 0 Å². The van der Waals surface area contributed by atoms with Crippen LogP contribution in [0, 0.1) is 0 Å². The maximum atomic E-state index is 12.6. The monoisotopic (exact) mass is 375 g/mol. The van der Waals surface area contributed by atoms with Gasteiger partial charge >= 0.3 is 0 Å². The molecule has 2 aromatic rings. The van der Waals surface area contributed by atoms with Crippen LogP contribution in [0.5, 0.6) is 23.0 Å². The summed E-state index contributed by atoms with van der Waals surface area (Å²) in [6, 6.07) is 8.26. The third-order valence-corrected chi connectivity index (χ3v) is 4.05. The van der Waals surface area contributed by atoms with Crippen molar-refractivity contribution in [2.75, 3.05) is 26.2 Å². The van der Waals surface area contributed by atoms with E-state index in [1.807, 2.05) is 6.92 Å². The molecule has 0 radical (unpaired) electrons. The first-order valence-electron chi connectivity index (χ1n) is 7.95. The van der Waals surface area contributed by atoms with E-state index in [1.165, 1.54) is 7.11 Å². The molecule has 1 aliphatic rings. The molecular formula is C19H18ClNO5. The minimum atomic E-state index is -0.343. The number of anilines is 1. The van der Waals surface area contributed by atoms with E-state index in [0.717, 1.165) is 0 Å². The van der Waals surface area contributed by atoms with Crippen LogP contribution in [-0.4, -0.2) is 26.3 Å². The van der Waals surface area contributed by atoms with Gasteiger partial charge in [-0.2, -0.15) is 0 Å². The zero-order chi connectivity index (χ0) is 18.7. The van der Waals surface area contributed by atoms with Crippen LogP contribution in [-0.2, 0) is 0 Å². The Balaban J connectivity index is 1.90. The number of methoxy groups -OCH3 is 1. The van der Waals surface area contributed by atoms with Gasteiger partial charge in [0.05, 0.1) is 24.4 Å². The van der Waals surface area contributed by atoms with E-state index in [-0.39, 0.29) is 17.6 Å². The maximum absolute atomic E-state index is 12.6. The van der Waals surface area contributed by atoms with Gasteiger partial charge in [0, 0.05) is 5.56 Å². The highest BCUT2D eigenvalue weighted by Gasteiger charge is 2.20. The van der Waals surface area contributed by atoms with E-state index in [9.17, 15) is 4.79 Å². The fourth-order valence-electron chi connectivity index (χ4n) is 2.54. The summed E-state index contributed by atoms with van der Waals surface area (Å²) < 4.78 is 21.4. The highest BCUT2D eigenvalue weighted by molar-refractivity contribution is 6.47. The molecule has 1 aliphatic heterocycles. The Hall–Kier alpha value is -2.86. The summed E-state index contributed by atoms with van der Waals surface area (Å²) in [6.07, 6.45) is 1.55. The second-order valence-electron chi connectivity index (χ2n) is 5.46. The molecule has 6 nitrogen and oxygen atoms in total. The van der Waals surface area contributed by atoms with Crippen molar-refractivity contribution in [3.8, 4) is 23.0 Å². The van der Waals surface area contributed by atoms with E-state index in [2.05, 4.69) is 0 Å². The number of allylic oxidation sites excluding steroid dienone is 1. The number of Topliss-reactive ketones (excluding diaryl/α,β-unsaturated/α-hetero) is 1. The lowest BCUT2D eigenvalue weighted by Crippen LogP contribution is -2.03. The molecule has 0 saturated carbocycles. The normalized spacial score (nSPS) is 12.8. The topological polar surface area (TPSA) is 80.0 Å². The Morgan fingerprint density at radius 3 is 2.81 bits per heavy atom. The van der Waals surface area contributed by atoms with Crippen molar-refractivity contribution in [2.45, 2.75) is 6.92 Å². The standard InChI is InChI=1S/C19H18ClNO5/c1-3-24-15-9-12(4-5-14(15)21)18(22)13(20)6-11-7-16(23-2)19-17(8-11)25-10-26-19/h4-9H,3,10,21H2,1-2H3. The molecular weight excluding hydrogens is 358 g/mol. The summed E-state index contributed by atoms with van der Waals surface area (Å²) in [5.41, 5.74) is 7.34. The molecule has 3 rings (SSSR count). The molecule has 1 heterocycles. The van der Waals surface area contributed by atoms with Crippen molar-refractivity contribution in [1.82, 2.24) is 0 Å². The van der Waals surface area contributed by atoms with Crippen LogP contribution in [0.4, 0.5) is 5.69 Å². The molecule has 7 heteroatoms. The summed E-state index contributed by atoms with van der Waals surface area (Å²) in [5.74, 6) is 1.69. The van der Waals surface area contributed by atoms with E-state index < -0.39 is 0 Å². The van der Waals surface area contributed by atoms with Gasteiger partial charge in [-0.1, -0.05) is 11.6 Å². The SMILES string of the molecule is CCOc1cc(C(=O)C(Cl)=Cc2cc(OC)c3c(c2)OCO3)ccc1N. The summed E-state index contributed by atoms with van der Waals surface area (Å²) in [4.78, 5) is 12.6. The molecule has 0 atom stereocenters. The van der Waals surface area contributed by atoms with Gasteiger partial charge in [0.2, 0.25) is 18.3 Å². The maximum Gasteiger partial charge on any atom is 0.231 e. The number of rotatable bonds is 6. The van der Waals surface area contributed by atoms with E-state index in [0.29, 0.717) is 46.4 Å². The molecule has 0 spiro atoms. The second-order valence-corrected chi connectivity index (χ2v) is 5.87. The molecule has 0 bridgehead atoms. The van der Waals surface area contributed by atoms with Gasteiger partial charge in [-0.15, -0.1) is 0 Å². The summed E-state index contributed by atoms with van der Waals surface area (Å²) >= 11 is 6.24. The number of hydrogen-bond acceptors (Lipinski definition) is 6. The molecule has 2 N–H and O–H groups in total. The molecule has 136 valence electrons. The smallest absolute Gasteiger partial charge is 0.231 e. The number of halogens is 1. The third-order valence-electron chi connectivity index (χ3n) is 3.77. The van der Waals surface area contributed by atoms with Gasteiger partial charge in [0.15, 0.2) is 11.5 Å². The first kappa shape index (κ1) is 17.9. The Morgan fingerprint density at radius 2 is 2.08 bits per heavy atom. The first-order valence-corrected chi connectivity index (χ1v) is 8.33. The molecule has 0 amide bonds. The van der Waals surface area contributed by atoms with Gasteiger partial charge in [-0.25, -0.2) is 0 Å². The van der Waals surface area contributed by atoms with Gasteiger partial charge in [0.1, 0.15) is 5.75 Å². The average Bonchev–Trinajstić information content (AvgIpc) is 3.11. The van der Waals surface area contributed by atoms with Crippen LogP contribution < -0.4 is 24.7 Å². The van der Waals surface area contributed by atoms with Crippen LogP contribution >= 0.6 is 11.6 Å². The Bertz CT molecular complexity index is 878. The van der Waals surface area contributed by atoms with Crippen molar-refractivity contribution >= 4 is 29.1 Å². The largest absolute Gasteiger partial charge is 0.493 e. The number of nitrogen functional groups attached to an aromatic ring is 1. The van der Waals surface area contributed by atoms with Crippen LogP contribution in [0.15, 0.2) is 35.4 Å². The number of benzene rings is 2. The molecule has 26 heavy (non-hydrogen) atoms. The summed E-state index contributed by atoms with van der Waals surface area (Å²) in [6.45, 7) is 2.41. The second kappa shape index (κ2) is 7.58. The predicted octanol–water partition coefficient (Wildman–Crippen LogP) is 3.87. The lowest BCUT2D eigenvalue weighted by molar-refractivity contribution is 0.104. The molecule has 2 aromatic carbocycles. The van der Waals surface area contributed by atoms with Crippen molar-refractivity contribution < 1.29 is 23.7 Å². The van der Waals surface area contributed by atoms with E-state index in [1.54, 1.807) is 36.4 Å². The van der Waals surface area contributed by atoms with Crippen molar-refractivity contribution in [3.05, 3.63) is 46.5 Å². The number of carbonyl (C=O) groups excluding carboxylic acids is 1. The van der Waals surface area contributed by atoms with Crippen molar-refractivity contribution in [3.63, 3.8) is 0 Å². The third kappa shape index (κ3) is 3.55. The minimum Gasteiger partial charge on any atom is -0.493 e. The summed E-state index contributed by atoms with van der Waals surface area (Å²) in [5, 5.41) is 0.0399. The zero-order valence-electron chi connectivity index (χ0n) is 14.4. The molecule has 0 aliphatic carbocycles. The highest BCUT2D eigenvalue weighted by atomic mass is 35.5. The number of nitrogens with two attached hydrogens (primary N) is 1. The first-order chi connectivity index (χ1) is 12.5. The van der Waals surface area contributed by atoms with Gasteiger partial charge in [-0.3, -0.25) is 4.79 Å². The molecule has 0 aromatic heterocycles.